The van der Waals surface area contributed by atoms with Crippen molar-refractivity contribution in [2.24, 2.45) is 0 Å². The first-order valence-electron chi connectivity index (χ1n) is 13.0. The normalized spacial score (nSPS) is 12.8. The highest BCUT2D eigenvalue weighted by Crippen LogP contribution is 2.33. The molecule has 0 saturated heterocycles. The van der Waals surface area contributed by atoms with Gasteiger partial charge in [-0.05, 0) is 41.9 Å². The molecule has 0 amide bonds. The number of thioether (sulfide) groups is 1. The first-order valence-corrected chi connectivity index (χ1v) is 14.0. The number of fused-ring (bicyclic) bond motifs is 1. The van der Waals surface area contributed by atoms with E-state index in [2.05, 4.69) is 35.4 Å². The molecular formula is C32H32N4OS. The maximum Gasteiger partial charge on any atom is 0.185 e. The molecule has 0 aromatic heterocycles. The molecule has 3 rings (SSSR count). The third kappa shape index (κ3) is 8.24. The molecule has 0 radical (unpaired) electrons. The second-order valence-corrected chi connectivity index (χ2v) is 10.4. The van der Waals surface area contributed by atoms with E-state index in [1.165, 1.54) is 43.9 Å². The van der Waals surface area contributed by atoms with Crippen molar-refractivity contribution in [2.75, 3.05) is 17.2 Å². The Labute approximate surface area is 229 Å². The molecule has 0 saturated carbocycles. The zero-order chi connectivity index (χ0) is 27.2. The summed E-state index contributed by atoms with van der Waals surface area (Å²) < 4.78 is 0. The summed E-state index contributed by atoms with van der Waals surface area (Å²) in [6, 6.07) is 21.3. The van der Waals surface area contributed by atoms with Gasteiger partial charge in [-0.15, -0.1) is 0 Å². The molecule has 192 valence electrons. The highest BCUT2D eigenvalue weighted by molar-refractivity contribution is 8.13. The van der Waals surface area contributed by atoms with Gasteiger partial charge < -0.3 is 4.90 Å². The van der Waals surface area contributed by atoms with Crippen LogP contribution < -0.4 is 15.3 Å². The Bertz CT molecular complexity index is 1410. The van der Waals surface area contributed by atoms with E-state index >= 15 is 0 Å². The lowest BCUT2D eigenvalue weighted by Crippen LogP contribution is -2.21. The molecule has 0 atom stereocenters. The van der Waals surface area contributed by atoms with Gasteiger partial charge in [0.1, 0.15) is 17.7 Å². The largest absolute Gasteiger partial charge is 0.347 e. The van der Waals surface area contributed by atoms with Crippen LogP contribution in [0.5, 0.6) is 0 Å². The maximum absolute atomic E-state index is 11.0. The van der Waals surface area contributed by atoms with Crippen LogP contribution in [0, 0.1) is 34.0 Å². The lowest BCUT2D eigenvalue weighted by atomic mass is 9.97. The number of nitriles is 3. The number of hydrogen-bond acceptors (Lipinski definition) is 6. The Kier molecular flexibility index (Phi) is 11.5. The van der Waals surface area contributed by atoms with Gasteiger partial charge >= 0.3 is 0 Å². The van der Waals surface area contributed by atoms with Gasteiger partial charge in [0.25, 0.3) is 0 Å². The van der Waals surface area contributed by atoms with Gasteiger partial charge in [-0.25, -0.2) is 0 Å². The van der Waals surface area contributed by atoms with Crippen LogP contribution in [0.3, 0.4) is 0 Å². The van der Waals surface area contributed by atoms with Crippen LogP contribution in [0.4, 0.5) is 5.69 Å². The van der Waals surface area contributed by atoms with Crippen molar-refractivity contribution >= 4 is 39.3 Å². The highest BCUT2D eigenvalue weighted by atomic mass is 32.2. The predicted octanol–water partition coefficient (Wildman–Crippen LogP) is 5.99. The van der Waals surface area contributed by atoms with Crippen LogP contribution in [0.25, 0.3) is 16.7 Å². The van der Waals surface area contributed by atoms with Crippen molar-refractivity contribution < 1.29 is 4.79 Å². The number of unbranched alkanes of at least 4 members (excludes halogenated alkanes) is 6. The van der Waals surface area contributed by atoms with Crippen LogP contribution in [-0.2, 0) is 4.79 Å². The van der Waals surface area contributed by atoms with E-state index in [-0.39, 0.29) is 10.7 Å². The molecule has 0 unspecified atom stereocenters. The second kappa shape index (κ2) is 15.3. The molecule has 5 nitrogen and oxygen atoms in total. The highest BCUT2D eigenvalue weighted by Gasteiger charge is 2.16. The SMILES string of the molecule is CC(=O)SCCCCCCCCCN1C=C/C(=C/C(C#N)=c2ccc(=C(C#N)C#N)cc2)c2ccccc21. The molecule has 6 heteroatoms. The summed E-state index contributed by atoms with van der Waals surface area (Å²) in [6.45, 7) is 2.58. The summed E-state index contributed by atoms with van der Waals surface area (Å²) in [5.41, 5.74) is 3.78. The fraction of sp³-hybridized carbons (Fsp3) is 0.312. The Balaban J connectivity index is 1.64. The third-order valence-electron chi connectivity index (χ3n) is 6.44. The molecule has 2 aromatic carbocycles. The predicted molar refractivity (Wildman–Crippen MR) is 156 cm³/mol. The Hall–Kier alpha value is -4.05. The van der Waals surface area contributed by atoms with Gasteiger partial charge in [0, 0.05) is 41.9 Å². The molecule has 0 fully saturated rings. The number of hydrogen-bond donors (Lipinski definition) is 0. The molecular weight excluding hydrogens is 488 g/mol. The summed E-state index contributed by atoms with van der Waals surface area (Å²) in [6.07, 6.45) is 14.4. The van der Waals surface area contributed by atoms with E-state index in [0.717, 1.165) is 47.2 Å². The number of nitrogens with zero attached hydrogens (tertiary/aromatic N) is 4. The number of anilines is 1. The van der Waals surface area contributed by atoms with E-state index in [1.54, 1.807) is 31.2 Å². The molecule has 2 aromatic rings. The number of rotatable bonds is 11. The molecule has 0 bridgehead atoms. The standard InChI is InChI=1S/C32H32N4OS/c1-25(37)38-20-10-6-4-2-3-5-9-18-36-19-17-28(31-11-7-8-12-32(31)36)21-29(22-33)26-13-15-27(16-14-26)30(23-34)24-35/h7-8,11-17,19,21H,2-6,9-10,18,20H2,1H3/b28-21-. The van der Waals surface area contributed by atoms with Crippen molar-refractivity contribution in [1.82, 2.24) is 0 Å². The average Bonchev–Trinajstić information content (AvgIpc) is 2.94. The first-order chi connectivity index (χ1) is 18.6. The average molecular weight is 521 g/mol. The van der Waals surface area contributed by atoms with E-state index in [1.807, 2.05) is 30.3 Å². The lowest BCUT2D eigenvalue weighted by Gasteiger charge is -2.27. The molecule has 1 heterocycles. The molecule has 38 heavy (non-hydrogen) atoms. The van der Waals surface area contributed by atoms with Gasteiger partial charge in [0.05, 0.1) is 11.6 Å². The Morgan fingerprint density at radius 1 is 0.842 bits per heavy atom. The van der Waals surface area contributed by atoms with Crippen molar-refractivity contribution in [3.8, 4) is 18.2 Å². The molecule has 0 spiro atoms. The number of para-hydroxylation sites is 1. The van der Waals surface area contributed by atoms with E-state index < -0.39 is 0 Å². The topological polar surface area (TPSA) is 91.7 Å². The van der Waals surface area contributed by atoms with Crippen LogP contribution in [0.2, 0.25) is 0 Å². The van der Waals surface area contributed by atoms with Crippen LogP contribution in [0.15, 0.2) is 66.9 Å². The number of benzene rings is 2. The number of allylic oxidation sites excluding steroid dienone is 3. The van der Waals surface area contributed by atoms with Gasteiger partial charge in [-0.2, -0.15) is 15.8 Å². The van der Waals surface area contributed by atoms with Gasteiger partial charge in [-0.1, -0.05) is 86.3 Å². The van der Waals surface area contributed by atoms with Crippen LogP contribution in [-0.4, -0.2) is 17.4 Å². The Morgan fingerprint density at radius 2 is 1.47 bits per heavy atom. The minimum atomic E-state index is 0.0537. The van der Waals surface area contributed by atoms with E-state index in [4.69, 9.17) is 10.5 Å². The first kappa shape index (κ1) is 28.5. The lowest BCUT2D eigenvalue weighted by molar-refractivity contribution is -0.109. The minimum Gasteiger partial charge on any atom is -0.347 e. The fourth-order valence-electron chi connectivity index (χ4n) is 4.42. The zero-order valence-corrected chi connectivity index (χ0v) is 22.6. The number of carbonyl (C=O) groups is 1. The summed E-state index contributed by atoms with van der Waals surface area (Å²) in [5.74, 6) is 0.941. The number of carbonyl (C=O) groups excluding carboxylic acids is 1. The summed E-state index contributed by atoms with van der Waals surface area (Å²) in [4.78, 5) is 13.2. The minimum absolute atomic E-state index is 0.0537. The van der Waals surface area contributed by atoms with Gasteiger partial charge in [-0.3, -0.25) is 4.79 Å². The maximum atomic E-state index is 11.0. The third-order valence-corrected chi connectivity index (χ3v) is 7.34. The Morgan fingerprint density at radius 3 is 2.13 bits per heavy atom. The molecule has 0 N–H and O–H groups in total. The van der Waals surface area contributed by atoms with Crippen LogP contribution in [0.1, 0.15) is 57.4 Å². The molecule has 1 aliphatic rings. The van der Waals surface area contributed by atoms with Crippen molar-refractivity contribution in [2.45, 2.75) is 51.9 Å². The van der Waals surface area contributed by atoms with Crippen LogP contribution >= 0.6 is 11.8 Å². The smallest absolute Gasteiger partial charge is 0.185 e. The van der Waals surface area contributed by atoms with Crippen molar-refractivity contribution in [3.05, 3.63) is 82.9 Å². The summed E-state index contributed by atoms with van der Waals surface area (Å²) >= 11 is 1.43. The van der Waals surface area contributed by atoms with E-state index in [9.17, 15) is 10.1 Å². The van der Waals surface area contributed by atoms with Gasteiger partial charge in [0.15, 0.2) is 5.12 Å². The molecule has 0 aliphatic carbocycles. The van der Waals surface area contributed by atoms with Crippen molar-refractivity contribution in [1.29, 1.82) is 15.8 Å². The van der Waals surface area contributed by atoms with Crippen molar-refractivity contribution in [3.63, 3.8) is 0 Å². The van der Waals surface area contributed by atoms with E-state index in [0.29, 0.717) is 10.8 Å². The zero-order valence-electron chi connectivity index (χ0n) is 21.8. The van der Waals surface area contributed by atoms with Gasteiger partial charge in [0.2, 0.25) is 0 Å². The monoisotopic (exact) mass is 520 g/mol. The molecule has 1 aliphatic heterocycles. The summed E-state index contributed by atoms with van der Waals surface area (Å²) in [5, 5.41) is 29.5. The summed E-state index contributed by atoms with van der Waals surface area (Å²) in [7, 11) is 0. The fourth-order valence-corrected chi connectivity index (χ4v) is 5.06. The quantitative estimate of drug-likeness (QED) is 0.338. The second-order valence-electron chi connectivity index (χ2n) is 9.14.